The first kappa shape index (κ1) is 17.4. The number of benzene rings is 1. The van der Waals surface area contributed by atoms with Crippen LogP contribution in [0, 0.1) is 0 Å². The Morgan fingerprint density at radius 3 is 2.36 bits per heavy atom. The average Bonchev–Trinajstić information content (AvgIpc) is 2.63. The van der Waals surface area contributed by atoms with Gasteiger partial charge in [0.15, 0.2) is 18.9 Å². The van der Waals surface area contributed by atoms with E-state index >= 15 is 0 Å². The van der Waals surface area contributed by atoms with Crippen molar-refractivity contribution in [1.29, 1.82) is 0 Å². The first-order chi connectivity index (χ1) is 12.1. The summed E-state index contributed by atoms with van der Waals surface area (Å²) in [6.45, 7) is 7.22. The van der Waals surface area contributed by atoms with Gasteiger partial charge in [-0.1, -0.05) is 32.9 Å². The molecule has 2 heterocycles. The van der Waals surface area contributed by atoms with Crippen LogP contribution in [0.15, 0.2) is 58.0 Å². The van der Waals surface area contributed by atoms with Gasteiger partial charge in [0.25, 0.3) is 0 Å². The highest BCUT2D eigenvalue weighted by atomic mass is 16.4. The van der Waals surface area contributed by atoms with Crippen molar-refractivity contribution in [3.63, 3.8) is 0 Å². The number of hydrogen-bond donors (Lipinski definition) is 0. The van der Waals surface area contributed by atoms with Gasteiger partial charge in [-0.05, 0) is 42.4 Å². The van der Waals surface area contributed by atoms with E-state index in [0.29, 0.717) is 18.0 Å². The second-order valence-electron chi connectivity index (χ2n) is 6.59. The third-order valence-electron chi connectivity index (χ3n) is 5.03. The second-order valence-corrected chi connectivity index (χ2v) is 6.59. The molecule has 0 aliphatic carbocycles. The summed E-state index contributed by atoms with van der Waals surface area (Å²) in [5.74, 6) is 0.617. The van der Waals surface area contributed by atoms with Gasteiger partial charge in [0.1, 0.15) is 5.58 Å². The number of aromatic nitrogens is 1. The number of hydrogen-bond acceptors (Lipinski definition) is 2. The lowest BCUT2D eigenvalue weighted by molar-refractivity contribution is -0.688. The summed E-state index contributed by atoms with van der Waals surface area (Å²) in [5, 5.41) is 1.01. The number of fused-ring (bicyclic) bond motifs is 1. The van der Waals surface area contributed by atoms with E-state index in [-0.39, 0.29) is 5.63 Å². The minimum absolute atomic E-state index is 0.287. The van der Waals surface area contributed by atoms with Crippen molar-refractivity contribution in [3.05, 3.63) is 75.9 Å². The Morgan fingerprint density at radius 2 is 1.72 bits per heavy atom. The lowest BCUT2D eigenvalue weighted by Crippen LogP contribution is -2.33. The third-order valence-corrected chi connectivity index (χ3v) is 5.03. The van der Waals surface area contributed by atoms with Crippen LogP contribution in [0.4, 0.5) is 0 Å². The highest BCUT2D eigenvalue weighted by molar-refractivity contribution is 5.80. The van der Waals surface area contributed by atoms with E-state index in [1.54, 1.807) is 6.07 Å². The fourth-order valence-electron chi connectivity index (χ4n) is 3.43. The first-order valence-corrected chi connectivity index (χ1v) is 9.19. The van der Waals surface area contributed by atoms with Crippen molar-refractivity contribution in [1.82, 2.24) is 0 Å². The van der Waals surface area contributed by atoms with Gasteiger partial charge in [-0.15, -0.1) is 0 Å². The highest BCUT2D eigenvalue weighted by Crippen LogP contribution is 2.22. The fourth-order valence-corrected chi connectivity index (χ4v) is 3.43. The average molecular weight is 336 g/mol. The Morgan fingerprint density at radius 1 is 1.00 bits per heavy atom. The topological polar surface area (TPSA) is 34.1 Å². The van der Waals surface area contributed by atoms with E-state index in [1.807, 2.05) is 6.07 Å². The molecule has 0 atom stereocenters. The standard InChI is InChI=1S/C22H26NO2/c1-4-16-7-8-20-19(14-22(24)25-21(20)13-16)15-23-11-9-18(10-12-23)17(5-2)6-3/h7-14,17H,4-6,15H2,1-3H3/q+1. The molecule has 0 unspecified atom stereocenters. The van der Waals surface area contributed by atoms with Crippen LogP contribution >= 0.6 is 0 Å². The van der Waals surface area contributed by atoms with E-state index in [1.165, 1.54) is 11.1 Å². The molecule has 0 saturated heterocycles. The molecule has 0 aliphatic rings. The summed E-state index contributed by atoms with van der Waals surface area (Å²) in [4.78, 5) is 11.9. The minimum atomic E-state index is -0.287. The van der Waals surface area contributed by atoms with Crippen LogP contribution in [0.3, 0.4) is 0 Å². The molecule has 1 aromatic carbocycles. The van der Waals surface area contributed by atoms with Gasteiger partial charge in [0.05, 0.1) is 0 Å². The summed E-state index contributed by atoms with van der Waals surface area (Å²) in [6.07, 6.45) is 7.45. The molecular formula is C22H26NO2+. The molecule has 3 aromatic rings. The van der Waals surface area contributed by atoms with Gasteiger partial charge in [-0.2, -0.15) is 0 Å². The monoisotopic (exact) mass is 336 g/mol. The molecule has 25 heavy (non-hydrogen) atoms. The summed E-state index contributed by atoms with van der Waals surface area (Å²) < 4.78 is 7.52. The van der Waals surface area contributed by atoms with Crippen LogP contribution in [-0.4, -0.2) is 0 Å². The van der Waals surface area contributed by atoms with Crippen LogP contribution in [0.1, 0.15) is 56.2 Å². The zero-order valence-corrected chi connectivity index (χ0v) is 15.3. The Hall–Kier alpha value is -2.42. The Kier molecular flexibility index (Phi) is 5.32. The lowest BCUT2D eigenvalue weighted by atomic mass is 9.95. The van der Waals surface area contributed by atoms with Crippen molar-refractivity contribution in [2.75, 3.05) is 0 Å². The van der Waals surface area contributed by atoms with Crippen LogP contribution in [0.2, 0.25) is 0 Å². The smallest absolute Gasteiger partial charge is 0.336 e. The molecular weight excluding hydrogens is 310 g/mol. The molecule has 0 aliphatic heterocycles. The van der Waals surface area contributed by atoms with E-state index < -0.39 is 0 Å². The maximum Gasteiger partial charge on any atom is 0.336 e. The molecule has 2 aromatic heterocycles. The largest absolute Gasteiger partial charge is 0.423 e. The fraction of sp³-hybridized carbons (Fsp3) is 0.364. The summed E-state index contributed by atoms with van der Waals surface area (Å²) in [6, 6.07) is 12.1. The molecule has 3 heteroatoms. The molecule has 0 saturated carbocycles. The van der Waals surface area contributed by atoms with E-state index in [0.717, 1.165) is 30.2 Å². The molecule has 3 nitrogen and oxygen atoms in total. The quantitative estimate of drug-likeness (QED) is 0.487. The van der Waals surface area contributed by atoms with Crippen molar-refractivity contribution >= 4 is 11.0 Å². The van der Waals surface area contributed by atoms with Gasteiger partial charge >= 0.3 is 5.63 Å². The molecule has 0 bridgehead atoms. The second kappa shape index (κ2) is 7.64. The predicted molar refractivity (Wildman–Crippen MR) is 101 cm³/mol. The number of nitrogens with zero attached hydrogens (tertiary/aromatic N) is 1. The summed E-state index contributed by atoms with van der Waals surface area (Å²) >= 11 is 0. The first-order valence-electron chi connectivity index (χ1n) is 9.19. The normalized spacial score (nSPS) is 11.4. The van der Waals surface area contributed by atoms with Crippen LogP contribution in [-0.2, 0) is 13.0 Å². The van der Waals surface area contributed by atoms with Gasteiger partial charge in [-0.3, -0.25) is 0 Å². The summed E-state index contributed by atoms with van der Waals surface area (Å²) in [5.41, 5.74) is 3.94. The van der Waals surface area contributed by atoms with Crippen LogP contribution in [0.5, 0.6) is 0 Å². The zero-order chi connectivity index (χ0) is 17.8. The van der Waals surface area contributed by atoms with Gasteiger partial charge in [0, 0.05) is 29.1 Å². The predicted octanol–water partition coefficient (Wildman–Crippen LogP) is 4.59. The molecule has 3 rings (SSSR count). The minimum Gasteiger partial charge on any atom is -0.423 e. The van der Waals surface area contributed by atoms with Crippen LogP contribution < -0.4 is 10.2 Å². The van der Waals surface area contributed by atoms with Gasteiger partial charge in [0.2, 0.25) is 0 Å². The van der Waals surface area contributed by atoms with E-state index in [4.69, 9.17) is 4.42 Å². The Bertz CT molecular complexity index is 905. The molecule has 0 fully saturated rings. The van der Waals surface area contributed by atoms with Crippen molar-refractivity contribution in [3.8, 4) is 0 Å². The molecule has 0 N–H and O–H groups in total. The Balaban J connectivity index is 1.93. The highest BCUT2D eigenvalue weighted by Gasteiger charge is 2.13. The third kappa shape index (κ3) is 3.81. The number of rotatable bonds is 6. The van der Waals surface area contributed by atoms with Gasteiger partial charge < -0.3 is 4.42 Å². The van der Waals surface area contributed by atoms with Gasteiger partial charge in [-0.25, -0.2) is 9.36 Å². The Labute approximate surface area is 148 Å². The maximum atomic E-state index is 11.9. The van der Waals surface area contributed by atoms with Crippen LogP contribution in [0.25, 0.3) is 11.0 Å². The zero-order valence-electron chi connectivity index (χ0n) is 15.3. The molecule has 0 amide bonds. The number of pyridine rings is 1. The van der Waals surface area contributed by atoms with E-state index in [9.17, 15) is 4.79 Å². The SMILES string of the molecule is CCc1ccc2c(C[n+]3ccc(C(CC)CC)cc3)cc(=O)oc2c1. The molecule has 0 radical (unpaired) electrons. The van der Waals surface area contributed by atoms with E-state index in [2.05, 4.69) is 62.0 Å². The molecule has 130 valence electrons. The van der Waals surface area contributed by atoms with Crippen molar-refractivity contribution in [2.45, 2.75) is 52.5 Å². The van der Waals surface area contributed by atoms with Crippen molar-refractivity contribution in [2.24, 2.45) is 0 Å². The lowest BCUT2D eigenvalue weighted by Gasteiger charge is -2.11. The number of aryl methyl sites for hydroxylation is 1. The van der Waals surface area contributed by atoms with Crippen molar-refractivity contribution < 1.29 is 8.98 Å². The summed E-state index contributed by atoms with van der Waals surface area (Å²) in [7, 11) is 0. The molecule has 0 spiro atoms. The maximum absolute atomic E-state index is 11.9.